The van der Waals surface area contributed by atoms with Crippen molar-refractivity contribution in [1.82, 2.24) is 4.90 Å². The van der Waals surface area contributed by atoms with Crippen molar-refractivity contribution in [2.75, 3.05) is 14.2 Å². The largest absolute Gasteiger partial charge is 0.502 e. The molecule has 1 amide bonds. The smallest absolute Gasteiger partial charge is 0.327 e. The summed E-state index contributed by atoms with van der Waals surface area (Å²) in [6.45, 7) is 0. The van der Waals surface area contributed by atoms with Crippen molar-refractivity contribution in [1.29, 1.82) is 0 Å². The average Bonchev–Trinajstić information content (AvgIpc) is 2.87. The highest BCUT2D eigenvalue weighted by Crippen LogP contribution is 2.40. The van der Waals surface area contributed by atoms with Crippen molar-refractivity contribution in [3.05, 3.63) is 22.6 Å². The Labute approximate surface area is 163 Å². The van der Waals surface area contributed by atoms with E-state index in [1.807, 2.05) is 0 Å². The molecule has 144 valence electrons. The summed E-state index contributed by atoms with van der Waals surface area (Å²) in [4.78, 5) is 35.8. The van der Waals surface area contributed by atoms with E-state index in [1.54, 1.807) is 0 Å². The topological polar surface area (TPSA) is 134 Å². The summed E-state index contributed by atoms with van der Waals surface area (Å²) in [5.41, 5.74) is 0.437. The number of aliphatic carboxylic acids is 2. The number of thiocarbonyl (C=S) groups is 1. The number of rotatable bonds is 7. The van der Waals surface area contributed by atoms with Gasteiger partial charge in [-0.25, -0.2) is 4.79 Å². The summed E-state index contributed by atoms with van der Waals surface area (Å²) in [6, 6.07) is 1.30. The Bertz CT molecular complexity index is 826. The number of hydrogen-bond acceptors (Lipinski definition) is 8. The number of ether oxygens (including phenoxy) is 2. The fraction of sp³-hybridized carbons (Fsp3) is 0.250. The minimum Gasteiger partial charge on any atom is -0.502 e. The molecule has 0 bridgehead atoms. The number of carboxylic acids is 2. The van der Waals surface area contributed by atoms with Crippen LogP contribution in [-0.4, -0.2) is 62.6 Å². The first-order valence-corrected chi connectivity index (χ1v) is 8.58. The van der Waals surface area contributed by atoms with Gasteiger partial charge in [-0.15, -0.1) is 0 Å². The number of carbonyl (C=O) groups is 3. The number of methoxy groups -OCH3 is 2. The molecule has 1 atom stereocenters. The molecule has 1 aromatic rings. The highest BCUT2D eigenvalue weighted by atomic mass is 32.2. The Morgan fingerprint density at radius 3 is 2.26 bits per heavy atom. The summed E-state index contributed by atoms with van der Waals surface area (Å²) < 4.78 is 10.0. The molecule has 1 aromatic carbocycles. The van der Waals surface area contributed by atoms with Gasteiger partial charge >= 0.3 is 11.9 Å². The van der Waals surface area contributed by atoms with Crippen molar-refractivity contribution in [3.63, 3.8) is 0 Å². The lowest BCUT2D eigenvalue weighted by molar-refractivity contribution is -0.150. The molecule has 11 heteroatoms. The monoisotopic (exact) mass is 413 g/mol. The zero-order valence-corrected chi connectivity index (χ0v) is 15.8. The quantitative estimate of drug-likeness (QED) is 0.446. The maximum atomic E-state index is 12.6. The number of carboxylic acid groups (broad SMARTS) is 2. The molecule has 3 N–H and O–H groups in total. The summed E-state index contributed by atoms with van der Waals surface area (Å²) in [5.74, 6) is -3.53. The van der Waals surface area contributed by atoms with Crippen LogP contribution in [0.15, 0.2) is 17.0 Å². The van der Waals surface area contributed by atoms with E-state index in [2.05, 4.69) is 0 Å². The normalized spacial score (nSPS) is 16.5. The Morgan fingerprint density at radius 1 is 1.26 bits per heavy atom. The van der Waals surface area contributed by atoms with E-state index >= 15 is 0 Å². The van der Waals surface area contributed by atoms with Crippen LogP contribution in [0.3, 0.4) is 0 Å². The molecule has 0 aliphatic carbocycles. The van der Waals surface area contributed by atoms with Crippen molar-refractivity contribution < 1.29 is 39.2 Å². The number of nitrogens with zero attached hydrogens (tertiary/aromatic N) is 1. The summed E-state index contributed by atoms with van der Waals surface area (Å²) in [5, 5.41) is 28.1. The van der Waals surface area contributed by atoms with E-state index in [4.69, 9.17) is 26.8 Å². The minimum absolute atomic E-state index is 0.0578. The van der Waals surface area contributed by atoms with Crippen LogP contribution < -0.4 is 9.47 Å². The second kappa shape index (κ2) is 8.27. The second-order valence-electron chi connectivity index (χ2n) is 5.28. The molecule has 1 aliphatic heterocycles. The van der Waals surface area contributed by atoms with Crippen LogP contribution in [0.1, 0.15) is 12.0 Å². The van der Waals surface area contributed by atoms with Crippen LogP contribution >= 0.6 is 24.0 Å². The van der Waals surface area contributed by atoms with Gasteiger partial charge in [-0.05, 0) is 23.8 Å². The maximum Gasteiger partial charge on any atom is 0.327 e. The van der Waals surface area contributed by atoms with Gasteiger partial charge in [0.05, 0.1) is 25.5 Å². The number of phenols is 1. The van der Waals surface area contributed by atoms with Crippen molar-refractivity contribution in [3.8, 4) is 17.2 Å². The minimum atomic E-state index is -1.61. The van der Waals surface area contributed by atoms with Crippen LogP contribution in [-0.2, 0) is 14.4 Å². The van der Waals surface area contributed by atoms with Crippen LogP contribution in [0.5, 0.6) is 17.2 Å². The highest BCUT2D eigenvalue weighted by molar-refractivity contribution is 8.26. The van der Waals surface area contributed by atoms with Crippen LogP contribution in [0, 0.1) is 0 Å². The SMILES string of the molecule is COc1cc(/C=C2\SC(=S)N(C(CC(=O)O)C(=O)O)C2=O)cc(OC)c1O. The van der Waals surface area contributed by atoms with E-state index in [0.29, 0.717) is 5.56 Å². The second-order valence-corrected chi connectivity index (χ2v) is 6.95. The Balaban J connectivity index is 2.41. The number of phenolic OH excluding ortho intramolecular Hbond substituents is 1. The predicted molar refractivity (Wildman–Crippen MR) is 99.9 cm³/mol. The van der Waals surface area contributed by atoms with Gasteiger partial charge in [0.25, 0.3) is 5.91 Å². The molecule has 27 heavy (non-hydrogen) atoms. The Morgan fingerprint density at radius 2 is 1.81 bits per heavy atom. The third-order valence-corrected chi connectivity index (χ3v) is 4.92. The number of aromatic hydroxyl groups is 1. The molecule has 0 aromatic heterocycles. The van der Waals surface area contributed by atoms with Gasteiger partial charge in [0.15, 0.2) is 11.5 Å². The molecule has 2 rings (SSSR count). The van der Waals surface area contributed by atoms with E-state index in [9.17, 15) is 24.6 Å². The number of benzene rings is 1. The fourth-order valence-corrected chi connectivity index (χ4v) is 3.71. The molecule has 9 nitrogen and oxygen atoms in total. The van der Waals surface area contributed by atoms with Gasteiger partial charge in [0, 0.05) is 0 Å². The van der Waals surface area contributed by atoms with Crippen LogP contribution in [0.4, 0.5) is 0 Å². The van der Waals surface area contributed by atoms with Gasteiger partial charge in [0.2, 0.25) is 5.75 Å². The number of hydrogen-bond donors (Lipinski definition) is 3. The molecule has 0 spiro atoms. The van der Waals surface area contributed by atoms with Gasteiger partial charge < -0.3 is 24.8 Å². The lowest BCUT2D eigenvalue weighted by Gasteiger charge is -2.21. The highest BCUT2D eigenvalue weighted by Gasteiger charge is 2.41. The lowest BCUT2D eigenvalue weighted by atomic mass is 10.1. The molecular formula is C16H15NO8S2. The zero-order chi connectivity index (χ0) is 20.3. The molecular weight excluding hydrogens is 398 g/mol. The van der Waals surface area contributed by atoms with Crippen molar-refractivity contribution in [2.24, 2.45) is 0 Å². The summed E-state index contributed by atoms with van der Waals surface area (Å²) in [7, 11) is 2.70. The van der Waals surface area contributed by atoms with E-state index in [1.165, 1.54) is 32.4 Å². The van der Waals surface area contributed by atoms with E-state index in [-0.39, 0.29) is 26.5 Å². The molecule has 1 saturated heterocycles. The van der Waals surface area contributed by atoms with Crippen LogP contribution in [0.25, 0.3) is 6.08 Å². The van der Waals surface area contributed by atoms with Gasteiger partial charge in [-0.3, -0.25) is 14.5 Å². The first kappa shape index (κ1) is 20.5. The Kier molecular flexibility index (Phi) is 6.28. The first-order valence-electron chi connectivity index (χ1n) is 7.36. The van der Waals surface area contributed by atoms with E-state index in [0.717, 1.165) is 16.7 Å². The third-order valence-electron chi connectivity index (χ3n) is 3.59. The van der Waals surface area contributed by atoms with Gasteiger partial charge in [0.1, 0.15) is 10.4 Å². The molecule has 0 saturated carbocycles. The number of thioether (sulfide) groups is 1. The molecule has 0 radical (unpaired) electrons. The third kappa shape index (κ3) is 4.31. The maximum absolute atomic E-state index is 12.6. The predicted octanol–water partition coefficient (Wildman–Crippen LogP) is 1.54. The zero-order valence-electron chi connectivity index (χ0n) is 14.2. The average molecular weight is 413 g/mol. The molecule has 1 unspecified atom stereocenters. The number of amides is 1. The van der Waals surface area contributed by atoms with Gasteiger partial charge in [-0.2, -0.15) is 0 Å². The molecule has 1 fully saturated rings. The van der Waals surface area contributed by atoms with Gasteiger partial charge in [-0.1, -0.05) is 24.0 Å². The molecule has 1 heterocycles. The van der Waals surface area contributed by atoms with Crippen molar-refractivity contribution in [2.45, 2.75) is 12.5 Å². The van der Waals surface area contributed by atoms with Crippen LogP contribution in [0.2, 0.25) is 0 Å². The number of carbonyl (C=O) groups excluding carboxylic acids is 1. The van der Waals surface area contributed by atoms with E-state index < -0.39 is 30.3 Å². The fourth-order valence-electron chi connectivity index (χ4n) is 2.35. The van der Waals surface area contributed by atoms with Crippen molar-refractivity contribution >= 4 is 52.2 Å². The lowest BCUT2D eigenvalue weighted by Crippen LogP contribution is -2.45. The molecule has 1 aliphatic rings. The summed E-state index contributed by atoms with van der Waals surface area (Å²) in [6.07, 6.45) is 0.638. The standard InChI is InChI=1S/C16H15NO8S2/c1-24-9-3-7(4-10(25-2)13(9)20)5-11-14(21)17(16(26)27-11)8(15(22)23)6-12(18)19/h3-5,8,20H,6H2,1-2H3,(H,18,19)(H,22,23)/b11-5-. The Hall–Kier alpha value is -2.79. The first-order chi connectivity index (χ1) is 12.7. The summed E-state index contributed by atoms with van der Waals surface area (Å²) >= 11 is 5.91.